The summed E-state index contributed by atoms with van der Waals surface area (Å²) in [6.07, 6.45) is 0.344. The Balaban J connectivity index is 2.22. The molecule has 6 heteroatoms. The maximum absolute atomic E-state index is 13.9. The van der Waals surface area contributed by atoms with Crippen LogP contribution in [-0.4, -0.2) is 12.0 Å². The molecule has 2 aromatic carbocycles. The number of ether oxygens (including phenoxy) is 1. The summed E-state index contributed by atoms with van der Waals surface area (Å²) in [6, 6.07) is 10.5. The van der Waals surface area contributed by atoms with Crippen molar-refractivity contribution in [2.75, 3.05) is 7.11 Å². The first-order chi connectivity index (χ1) is 10.0. The average molecular weight is 310 g/mol. The van der Waals surface area contributed by atoms with E-state index >= 15 is 0 Å². The van der Waals surface area contributed by atoms with Gasteiger partial charge in [-0.15, -0.1) is 11.6 Å². The lowest BCUT2D eigenvalue weighted by atomic mass is 10.0. The lowest BCUT2D eigenvalue weighted by Crippen LogP contribution is -2.02. The van der Waals surface area contributed by atoms with Crippen LogP contribution >= 0.6 is 11.6 Å². The van der Waals surface area contributed by atoms with E-state index in [1.807, 2.05) is 0 Å². The number of nitrogens with zero attached hydrogens (tertiary/aromatic N) is 1. The first-order valence-corrected chi connectivity index (χ1v) is 6.66. The van der Waals surface area contributed by atoms with Crippen LogP contribution in [-0.2, 0) is 6.42 Å². The molecule has 1 atom stereocenters. The van der Waals surface area contributed by atoms with E-state index in [1.54, 1.807) is 24.3 Å². The molecule has 0 N–H and O–H groups in total. The minimum atomic E-state index is -0.623. The Morgan fingerprint density at radius 1 is 1.29 bits per heavy atom. The Bertz CT molecular complexity index is 646. The minimum Gasteiger partial charge on any atom is -0.496 e. The fourth-order valence-corrected chi connectivity index (χ4v) is 2.45. The van der Waals surface area contributed by atoms with Crippen LogP contribution in [0.5, 0.6) is 5.75 Å². The molecule has 0 fully saturated rings. The fourth-order valence-electron chi connectivity index (χ4n) is 2.06. The molecule has 0 aliphatic heterocycles. The molecule has 1 unspecified atom stereocenters. The second-order valence-corrected chi connectivity index (χ2v) is 4.98. The van der Waals surface area contributed by atoms with Crippen LogP contribution < -0.4 is 4.74 Å². The molecule has 0 saturated heterocycles. The first kappa shape index (κ1) is 15.3. The highest BCUT2D eigenvalue weighted by Gasteiger charge is 2.19. The molecule has 0 saturated carbocycles. The van der Waals surface area contributed by atoms with Crippen molar-refractivity contribution >= 4 is 17.3 Å². The second-order valence-electron chi connectivity index (χ2n) is 4.45. The number of hydrogen-bond acceptors (Lipinski definition) is 3. The standard InChI is InChI=1S/C15H13ClFNO3/c1-21-14-4-2-3-13(17)15(14)12(16)9-10-5-7-11(8-6-10)18(19)20/h2-8,12H,9H2,1H3. The third kappa shape index (κ3) is 3.49. The molecule has 2 rings (SSSR count). The van der Waals surface area contributed by atoms with Gasteiger partial charge in [0.05, 0.1) is 17.4 Å². The van der Waals surface area contributed by atoms with Crippen LogP contribution in [0, 0.1) is 15.9 Å². The molecule has 0 radical (unpaired) electrons. The number of methoxy groups -OCH3 is 1. The molecule has 0 heterocycles. The molecule has 0 aliphatic rings. The van der Waals surface area contributed by atoms with Gasteiger partial charge in [0.25, 0.3) is 5.69 Å². The minimum absolute atomic E-state index is 0.00773. The van der Waals surface area contributed by atoms with Gasteiger partial charge in [0, 0.05) is 17.7 Å². The molecule has 0 aliphatic carbocycles. The largest absolute Gasteiger partial charge is 0.496 e. The fraction of sp³-hybridized carbons (Fsp3) is 0.200. The van der Waals surface area contributed by atoms with Crippen molar-refractivity contribution in [2.45, 2.75) is 11.8 Å². The molecule has 0 aromatic heterocycles. The van der Waals surface area contributed by atoms with Gasteiger partial charge in [-0.2, -0.15) is 0 Å². The van der Waals surface area contributed by atoms with Crippen LogP contribution in [0.2, 0.25) is 0 Å². The number of non-ortho nitro benzene ring substituents is 1. The van der Waals surface area contributed by atoms with E-state index in [-0.39, 0.29) is 5.69 Å². The van der Waals surface area contributed by atoms with Gasteiger partial charge in [-0.3, -0.25) is 10.1 Å². The van der Waals surface area contributed by atoms with E-state index in [9.17, 15) is 14.5 Å². The summed E-state index contributed by atoms with van der Waals surface area (Å²) in [5, 5.41) is 9.97. The summed E-state index contributed by atoms with van der Waals surface area (Å²) in [4.78, 5) is 10.1. The van der Waals surface area contributed by atoms with Gasteiger partial charge in [-0.1, -0.05) is 18.2 Å². The molecule has 0 spiro atoms. The average Bonchev–Trinajstić information content (AvgIpc) is 2.47. The number of benzene rings is 2. The summed E-state index contributed by atoms with van der Waals surface area (Å²) in [7, 11) is 1.45. The van der Waals surface area contributed by atoms with E-state index in [2.05, 4.69) is 0 Å². The molecule has 0 bridgehead atoms. The Hall–Kier alpha value is -2.14. The van der Waals surface area contributed by atoms with Crippen molar-refractivity contribution in [1.29, 1.82) is 0 Å². The van der Waals surface area contributed by atoms with Gasteiger partial charge in [-0.25, -0.2) is 4.39 Å². The third-order valence-electron chi connectivity index (χ3n) is 3.11. The van der Waals surface area contributed by atoms with E-state index in [1.165, 1.54) is 25.3 Å². The van der Waals surface area contributed by atoms with Gasteiger partial charge in [-0.05, 0) is 24.1 Å². The predicted molar refractivity (Wildman–Crippen MR) is 78.3 cm³/mol. The highest BCUT2D eigenvalue weighted by Crippen LogP contribution is 2.34. The van der Waals surface area contributed by atoms with E-state index in [0.717, 1.165) is 5.56 Å². The Labute approximate surface area is 126 Å². The molecule has 4 nitrogen and oxygen atoms in total. The number of hydrogen-bond donors (Lipinski definition) is 0. The van der Waals surface area contributed by atoms with Crippen LogP contribution in [0.3, 0.4) is 0 Å². The number of alkyl halides is 1. The van der Waals surface area contributed by atoms with Gasteiger partial charge in [0.15, 0.2) is 0 Å². The topological polar surface area (TPSA) is 52.4 Å². The van der Waals surface area contributed by atoms with Crippen molar-refractivity contribution in [3.63, 3.8) is 0 Å². The smallest absolute Gasteiger partial charge is 0.269 e. The summed E-state index contributed by atoms with van der Waals surface area (Å²) < 4.78 is 19.0. The number of nitro benzene ring substituents is 1. The normalized spacial score (nSPS) is 12.0. The Morgan fingerprint density at radius 3 is 2.52 bits per heavy atom. The quantitative estimate of drug-likeness (QED) is 0.471. The second kappa shape index (κ2) is 6.54. The van der Waals surface area contributed by atoms with E-state index < -0.39 is 16.1 Å². The predicted octanol–water partition coefficient (Wildman–Crippen LogP) is 4.27. The number of nitro groups is 1. The number of halogens is 2. The van der Waals surface area contributed by atoms with Crippen LogP contribution in [0.15, 0.2) is 42.5 Å². The van der Waals surface area contributed by atoms with Crippen molar-refractivity contribution in [1.82, 2.24) is 0 Å². The third-order valence-corrected chi connectivity index (χ3v) is 3.48. The van der Waals surface area contributed by atoms with Crippen molar-refractivity contribution < 1.29 is 14.1 Å². The Kier molecular flexibility index (Phi) is 4.75. The van der Waals surface area contributed by atoms with Gasteiger partial charge in [0.1, 0.15) is 11.6 Å². The summed E-state index contributed by atoms with van der Waals surface area (Å²) >= 11 is 6.28. The summed E-state index contributed by atoms with van der Waals surface area (Å²) in [5.41, 5.74) is 1.08. The summed E-state index contributed by atoms with van der Waals surface area (Å²) in [5.74, 6) is -0.0480. The lowest BCUT2D eigenvalue weighted by Gasteiger charge is -2.14. The zero-order valence-corrected chi connectivity index (χ0v) is 12.0. The van der Waals surface area contributed by atoms with Crippen molar-refractivity contribution in [2.24, 2.45) is 0 Å². The van der Waals surface area contributed by atoms with Gasteiger partial charge < -0.3 is 4.74 Å². The maximum Gasteiger partial charge on any atom is 0.269 e. The van der Waals surface area contributed by atoms with Crippen molar-refractivity contribution in [3.05, 3.63) is 69.5 Å². The molecule has 110 valence electrons. The summed E-state index contributed by atoms with van der Waals surface area (Å²) in [6.45, 7) is 0. The number of rotatable bonds is 5. The zero-order valence-electron chi connectivity index (χ0n) is 11.3. The van der Waals surface area contributed by atoms with Crippen LogP contribution in [0.25, 0.3) is 0 Å². The molecule has 0 amide bonds. The van der Waals surface area contributed by atoms with Crippen LogP contribution in [0.1, 0.15) is 16.5 Å². The van der Waals surface area contributed by atoms with Crippen LogP contribution in [0.4, 0.5) is 10.1 Å². The maximum atomic E-state index is 13.9. The zero-order chi connectivity index (χ0) is 15.4. The monoisotopic (exact) mass is 309 g/mol. The molecular formula is C15H13ClFNO3. The molecule has 21 heavy (non-hydrogen) atoms. The highest BCUT2D eigenvalue weighted by molar-refractivity contribution is 6.21. The Morgan fingerprint density at radius 2 is 1.95 bits per heavy atom. The van der Waals surface area contributed by atoms with E-state index in [4.69, 9.17) is 16.3 Å². The SMILES string of the molecule is COc1cccc(F)c1C(Cl)Cc1ccc([N+](=O)[O-])cc1. The van der Waals surface area contributed by atoms with Crippen molar-refractivity contribution in [3.8, 4) is 5.75 Å². The lowest BCUT2D eigenvalue weighted by molar-refractivity contribution is -0.384. The van der Waals surface area contributed by atoms with E-state index in [0.29, 0.717) is 17.7 Å². The molecule has 2 aromatic rings. The first-order valence-electron chi connectivity index (χ1n) is 6.22. The highest BCUT2D eigenvalue weighted by atomic mass is 35.5. The van der Waals surface area contributed by atoms with Gasteiger partial charge in [0.2, 0.25) is 0 Å². The molecular weight excluding hydrogens is 297 g/mol. The van der Waals surface area contributed by atoms with Gasteiger partial charge >= 0.3 is 0 Å².